The van der Waals surface area contributed by atoms with Crippen LogP contribution in [0.3, 0.4) is 0 Å². The molecule has 1 aliphatic rings. The van der Waals surface area contributed by atoms with Crippen LogP contribution in [0.25, 0.3) is 0 Å². The Morgan fingerprint density at radius 3 is 1.94 bits per heavy atom. The van der Waals surface area contributed by atoms with E-state index in [1.54, 1.807) is 0 Å². The highest BCUT2D eigenvalue weighted by Crippen LogP contribution is 2.47. The van der Waals surface area contributed by atoms with Gasteiger partial charge in [-0.05, 0) is 40.1 Å². The first-order chi connectivity index (χ1) is 15.8. The fourth-order valence-electron chi connectivity index (χ4n) is 6.54. The van der Waals surface area contributed by atoms with Crippen LogP contribution in [0.2, 0.25) is 16.6 Å². The Morgan fingerprint density at radius 1 is 0.879 bits per heavy atom. The third-order valence-electron chi connectivity index (χ3n) is 7.80. The second-order valence-electron chi connectivity index (χ2n) is 10.9. The summed E-state index contributed by atoms with van der Waals surface area (Å²) in [6.45, 7) is 21.6. The van der Waals surface area contributed by atoms with Crippen molar-refractivity contribution >= 4 is 8.32 Å². The van der Waals surface area contributed by atoms with E-state index in [2.05, 4.69) is 120 Å². The SMILES string of the molecule is C=CC[C@H]1CN(Cc2ccccc2)C[C@@H](O[Si](C(C)C)(C(C)C)C(C)C)[C@@H]1c1ccccc1. The molecule has 0 saturated carbocycles. The molecule has 180 valence electrons. The molecular weight excluding hydrogens is 418 g/mol. The lowest BCUT2D eigenvalue weighted by molar-refractivity contribution is 0.0199. The summed E-state index contributed by atoms with van der Waals surface area (Å²) in [6, 6.07) is 22.0. The van der Waals surface area contributed by atoms with Crippen molar-refractivity contribution in [2.45, 2.75) is 83.2 Å². The van der Waals surface area contributed by atoms with Gasteiger partial charge >= 0.3 is 0 Å². The summed E-state index contributed by atoms with van der Waals surface area (Å²) in [5, 5.41) is 0. The molecule has 0 unspecified atom stereocenters. The molecule has 0 radical (unpaired) electrons. The molecule has 2 nitrogen and oxygen atoms in total. The van der Waals surface area contributed by atoms with Crippen molar-refractivity contribution in [1.82, 2.24) is 4.90 Å². The maximum Gasteiger partial charge on any atom is 0.200 e. The van der Waals surface area contributed by atoms with Crippen molar-refractivity contribution < 1.29 is 4.43 Å². The van der Waals surface area contributed by atoms with Gasteiger partial charge in [-0.2, -0.15) is 0 Å². The number of hydrogen-bond donors (Lipinski definition) is 0. The van der Waals surface area contributed by atoms with E-state index in [0.717, 1.165) is 26.1 Å². The highest BCUT2D eigenvalue weighted by Gasteiger charge is 2.49. The molecule has 1 saturated heterocycles. The van der Waals surface area contributed by atoms with Crippen LogP contribution >= 0.6 is 0 Å². The number of piperidine rings is 1. The standard InChI is InChI=1S/C30H45NOSi/c1-8-15-28-21-31(20-26-16-11-9-12-17-26)22-29(30(28)27-18-13-10-14-19-27)32-33(23(2)3,24(4)5)25(6)7/h8-14,16-19,23-25,28-30H,1,15,20-22H2,2-7H3/t28-,29+,30+/m0/s1. The third-order valence-corrected chi connectivity index (χ3v) is 13.9. The zero-order chi connectivity index (χ0) is 24.0. The fraction of sp³-hybridized carbons (Fsp3) is 0.533. The van der Waals surface area contributed by atoms with Gasteiger partial charge < -0.3 is 4.43 Å². The molecule has 1 heterocycles. The topological polar surface area (TPSA) is 12.5 Å². The van der Waals surface area contributed by atoms with Gasteiger partial charge in [-0.3, -0.25) is 4.90 Å². The highest BCUT2D eigenvalue weighted by molar-refractivity contribution is 6.77. The predicted molar refractivity (Wildman–Crippen MR) is 145 cm³/mol. The minimum atomic E-state index is -2.02. The van der Waals surface area contributed by atoms with Crippen LogP contribution in [0.5, 0.6) is 0 Å². The lowest BCUT2D eigenvalue weighted by Crippen LogP contribution is -2.57. The summed E-state index contributed by atoms with van der Waals surface area (Å²) in [5.41, 5.74) is 4.54. The summed E-state index contributed by atoms with van der Waals surface area (Å²) >= 11 is 0. The second-order valence-corrected chi connectivity index (χ2v) is 16.3. The average Bonchev–Trinajstić information content (AvgIpc) is 2.78. The zero-order valence-corrected chi connectivity index (χ0v) is 22.7. The first-order valence-corrected chi connectivity index (χ1v) is 15.0. The smallest absolute Gasteiger partial charge is 0.200 e. The number of likely N-dealkylation sites (tertiary alicyclic amines) is 1. The number of rotatable bonds is 10. The molecule has 0 aromatic heterocycles. The Balaban J connectivity index is 2.01. The fourth-order valence-corrected chi connectivity index (χ4v) is 12.1. The molecule has 3 heteroatoms. The molecule has 1 fully saturated rings. The molecule has 2 aromatic carbocycles. The van der Waals surface area contributed by atoms with Crippen LogP contribution in [0.1, 0.15) is 65.0 Å². The molecule has 33 heavy (non-hydrogen) atoms. The maximum atomic E-state index is 7.54. The van der Waals surface area contributed by atoms with E-state index in [9.17, 15) is 0 Å². The molecule has 3 atom stereocenters. The summed E-state index contributed by atoms with van der Waals surface area (Å²) in [6.07, 6.45) is 3.33. The van der Waals surface area contributed by atoms with Crippen molar-refractivity contribution in [3.63, 3.8) is 0 Å². The van der Waals surface area contributed by atoms with Gasteiger partial charge in [0.15, 0.2) is 0 Å². The Kier molecular flexibility index (Phi) is 9.15. The van der Waals surface area contributed by atoms with Crippen LogP contribution < -0.4 is 0 Å². The van der Waals surface area contributed by atoms with E-state index in [-0.39, 0.29) is 6.10 Å². The average molecular weight is 464 g/mol. The summed E-state index contributed by atoms with van der Waals surface area (Å²) in [7, 11) is -2.02. The molecule has 0 bridgehead atoms. The molecule has 0 N–H and O–H groups in total. The molecular formula is C30H45NOSi. The van der Waals surface area contributed by atoms with Gasteiger partial charge in [0.05, 0.1) is 6.10 Å². The lowest BCUT2D eigenvalue weighted by Gasteiger charge is -2.51. The molecule has 2 aromatic rings. The Hall–Kier alpha value is -1.68. The summed E-state index contributed by atoms with van der Waals surface area (Å²) in [4.78, 5) is 2.63. The predicted octanol–water partition coefficient (Wildman–Crippen LogP) is 8.04. The van der Waals surface area contributed by atoms with Crippen molar-refractivity contribution in [1.29, 1.82) is 0 Å². The Labute approximate surface area is 204 Å². The molecule has 0 spiro atoms. The van der Waals surface area contributed by atoms with Crippen molar-refractivity contribution in [3.05, 3.63) is 84.4 Å². The van der Waals surface area contributed by atoms with Crippen LogP contribution in [0.15, 0.2) is 73.3 Å². The minimum Gasteiger partial charge on any atom is -0.411 e. The Bertz CT molecular complexity index is 826. The van der Waals surface area contributed by atoms with Crippen LogP contribution in [-0.2, 0) is 11.0 Å². The number of nitrogens with zero attached hydrogens (tertiary/aromatic N) is 1. The van der Waals surface area contributed by atoms with Gasteiger partial charge in [0.2, 0.25) is 8.32 Å². The normalized spacial score (nSPS) is 22.3. The second kappa shape index (κ2) is 11.6. The third kappa shape index (κ3) is 5.88. The van der Waals surface area contributed by atoms with E-state index in [1.807, 2.05) is 0 Å². The van der Waals surface area contributed by atoms with Gasteiger partial charge in [-0.15, -0.1) is 6.58 Å². The Morgan fingerprint density at radius 2 is 1.42 bits per heavy atom. The van der Waals surface area contributed by atoms with E-state index >= 15 is 0 Å². The number of allylic oxidation sites excluding steroid dienone is 1. The van der Waals surface area contributed by atoms with Gasteiger partial charge in [-0.25, -0.2) is 0 Å². The van der Waals surface area contributed by atoms with Crippen LogP contribution in [0, 0.1) is 5.92 Å². The maximum absolute atomic E-state index is 7.54. The first-order valence-electron chi connectivity index (χ1n) is 12.9. The van der Waals surface area contributed by atoms with E-state index in [4.69, 9.17) is 4.43 Å². The van der Waals surface area contributed by atoms with E-state index in [1.165, 1.54) is 11.1 Å². The van der Waals surface area contributed by atoms with Gasteiger partial charge in [0, 0.05) is 25.6 Å². The highest BCUT2D eigenvalue weighted by atomic mass is 28.4. The molecule has 0 aliphatic carbocycles. The van der Waals surface area contributed by atoms with Crippen LogP contribution in [0.4, 0.5) is 0 Å². The van der Waals surface area contributed by atoms with Crippen molar-refractivity contribution in [2.75, 3.05) is 13.1 Å². The van der Waals surface area contributed by atoms with E-state index < -0.39 is 8.32 Å². The van der Waals surface area contributed by atoms with E-state index in [0.29, 0.717) is 28.5 Å². The first kappa shape index (κ1) is 25.9. The number of hydrogen-bond acceptors (Lipinski definition) is 2. The van der Waals surface area contributed by atoms with Crippen molar-refractivity contribution in [2.24, 2.45) is 5.92 Å². The molecule has 1 aliphatic heterocycles. The largest absolute Gasteiger partial charge is 0.411 e. The number of benzene rings is 2. The zero-order valence-electron chi connectivity index (χ0n) is 21.7. The minimum absolute atomic E-state index is 0.202. The molecule has 0 amide bonds. The molecule has 3 rings (SSSR count). The van der Waals surface area contributed by atoms with Gasteiger partial charge in [0.25, 0.3) is 0 Å². The monoisotopic (exact) mass is 463 g/mol. The summed E-state index contributed by atoms with van der Waals surface area (Å²) in [5.74, 6) is 0.907. The summed E-state index contributed by atoms with van der Waals surface area (Å²) < 4.78 is 7.54. The lowest BCUT2D eigenvalue weighted by atomic mass is 9.77. The quantitative estimate of drug-likeness (QED) is 0.261. The van der Waals surface area contributed by atoms with Crippen molar-refractivity contribution in [3.8, 4) is 0 Å². The van der Waals surface area contributed by atoms with Gasteiger partial charge in [0.1, 0.15) is 0 Å². The van der Waals surface area contributed by atoms with Crippen LogP contribution in [-0.4, -0.2) is 32.4 Å². The van der Waals surface area contributed by atoms with Gasteiger partial charge in [-0.1, -0.05) is 108 Å².